The molecule has 3 aromatic rings. The van der Waals surface area contributed by atoms with Gasteiger partial charge in [-0.1, -0.05) is 36.4 Å². The maximum Gasteiger partial charge on any atom is 0.243 e. The van der Waals surface area contributed by atoms with Crippen LogP contribution in [0.2, 0.25) is 0 Å². The minimum Gasteiger partial charge on any atom is -0.382 e. The fourth-order valence-electron chi connectivity index (χ4n) is 3.16. The number of benzene rings is 2. The van der Waals surface area contributed by atoms with Crippen molar-refractivity contribution in [3.05, 3.63) is 54.4 Å². The Bertz CT molecular complexity index is 982. The van der Waals surface area contributed by atoms with E-state index in [4.69, 9.17) is 0 Å². The molecule has 2 N–H and O–H groups in total. The van der Waals surface area contributed by atoms with Gasteiger partial charge in [0.05, 0.1) is 11.1 Å². The van der Waals surface area contributed by atoms with Crippen molar-refractivity contribution in [2.45, 2.75) is 16.9 Å². The quantitative estimate of drug-likeness (QED) is 0.745. The molecule has 7 nitrogen and oxygen atoms in total. The van der Waals surface area contributed by atoms with Crippen LogP contribution in [0.15, 0.2) is 53.6 Å². The molecule has 1 fully saturated rings. The highest BCUT2D eigenvalue weighted by Gasteiger charge is 2.44. The number of aliphatic hydroxyl groups is 1. The number of H-pyrrole nitrogens is 1. The van der Waals surface area contributed by atoms with E-state index in [-0.39, 0.29) is 24.4 Å². The molecular formula is C16H16N4O3S. The molecule has 0 saturated carbocycles. The van der Waals surface area contributed by atoms with Crippen LogP contribution in [-0.4, -0.2) is 46.3 Å². The smallest absolute Gasteiger partial charge is 0.243 e. The molecular weight excluding hydrogens is 328 g/mol. The highest BCUT2D eigenvalue weighted by atomic mass is 32.2. The number of aromatic amines is 1. The Kier molecular flexibility index (Phi) is 3.41. The third kappa shape index (κ3) is 2.31. The molecule has 0 radical (unpaired) electrons. The molecule has 0 amide bonds. The fourth-order valence-corrected chi connectivity index (χ4v) is 4.87. The molecule has 2 aromatic carbocycles. The standard InChI is InChI=1S/C16H16N4O3S/c21-16(15-10-17-19-18-15)8-9-20(11-16)24(22,23)14-7-3-5-12-4-1-2-6-13(12)14/h1-7,10,21H,8-9,11H2,(H,17,18,19). The summed E-state index contributed by atoms with van der Waals surface area (Å²) < 4.78 is 27.5. The van der Waals surface area contributed by atoms with E-state index in [1.165, 1.54) is 10.5 Å². The van der Waals surface area contributed by atoms with Gasteiger partial charge in [-0.05, 0) is 17.9 Å². The number of nitrogens with one attached hydrogen (secondary N) is 1. The normalized spacial score (nSPS) is 22.2. The SMILES string of the molecule is O=S(=O)(c1cccc2ccccc12)N1CCC(O)(c2cn[nH]n2)C1. The van der Waals surface area contributed by atoms with Crippen molar-refractivity contribution in [2.75, 3.05) is 13.1 Å². The minimum absolute atomic E-state index is 0.0366. The van der Waals surface area contributed by atoms with E-state index in [2.05, 4.69) is 15.4 Å². The van der Waals surface area contributed by atoms with Gasteiger partial charge < -0.3 is 5.11 Å². The van der Waals surface area contributed by atoms with Crippen LogP contribution in [0.4, 0.5) is 0 Å². The van der Waals surface area contributed by atoms with Gasteiger partial charge >= 0.3 is 0 Å². The molecule has 1 saturated heterocycles. The Morgan fingerprint density at radius 1 is 1.17 bits per heavy atom. The number of rotatable bonds is 3. The zero-order valence-electron chi connectivity index (χ0n) is 12.8. The van der Waals surface area contributed by atoms with Crippen molar-refractivity contribution in [2.24, 2.45) is 0 Å². The van der Waals surface area contributed by atoms with Gasteiger partial charge in [0.2, 0.25) is 10.0 Å². The number of β-amino-alcohol motifs (C(OH)–C–C–N with tert-alkyl or cyclic N) is 1. The number of sulfonamides is 1. The zero-order valence-corrected chi connectivity index (χ0v) is 13.6. The topological polar surface area (TPSA) is 99.2 Å². The van der Waals surface area contributed by atoms with Gasteiger partial charge in [0.25, 0.3) is 0 Å². The van der Waals surface area contributed by atoms with Crippen LogP contribution in [0.25, 0.3) is 10.8 Å². The first-order chi connectivity index (χ1) is 11.5. The first kappa shape index (κ1) is 15.3. The molecule has 1 atom stereocenters. The molecule has 1 aliphatic rings. The van der Waals surface area contributed by atoms with Crippen molar-refractivity contribution in [1.29, 1.82) is 0 Å². The lowest BCUT2D eigenvalue weighted by Gasteiger charge is -2.21. The monoisotopic (exact) mass is 344 g/mol. The van der Waals surface area contributed by atoms with E-state index >= 15 is 0 Å². The first-order valence-electron chi connectivity index (χ1n) is 7.57. The van der Waals surface area contributed by atoms with Crippen LogP contribution in [0.5, 0.6) is 0 Å². The highest BCUT2D eigenvalue weighted by molar-refractivity contribution is 7.89. The summed E-state index contributed by atoms with van der Waals surface area (Å²) in [7, 11) is -3.71. The summed E-state index contributed by atoms with van der Waals surface area (Å²) in [6.07, 6.45) is 1.71. The first-order valence-corrected chi connectivity index (χ1v) is 9.01. The fraction of sp³-hybridized carbons (Fsp3) is 0.250. The summed E-state index contributed by atoms with van der Waals surface area (Å²) >= 11 is 0. The molecule has 1 unspecified atom stereocenters. The van der Waals surface area contributed by atoms with Gasteiger partial charge in [0, 0.05) is 18.5 Å². The summed E-state index contributed by atoms with van der Waals surface area (Å²) in [5.41, 5.74) is -0.955. The van der Waals surface area contributed by atoms with E-state index in [9.17, 15) is 13.5 Å². The Morgan fingerprint density at radius 2 is 1.96 bits per heavy atom. The molecule has 2 heterocycles. The van der Waals surface area contributed by atoms with Crippen LogP contribution in [0, 0.1) is 0 Å². The minimum atomic E-state index is -3.71. The van der Waals surface area contributed by atoms with Crippen molar-refractivity contribution in [1.82, 2.24) is 19.7 Å². The van der Waals surface area contributed by atoms with Gasteiger partial charge in [0.1, 0.15) is 11.3 Å². The lowest BCUT2D eigenvalue weighted by Crippen LogP contribution is -2.34. The van der Waals surface area contributed by atoms with Crippen molar-refractivity contribution in [3.8, 4) is 0 Å². The van der Waals surface area contributed by atoms with E-state index in [1.807, 2.05) is 24.3 Å². The molecule has 1 aromatic heterocycles. The van der Waals surface area contributed by atoms with Crippen LogP contribution >= 0.6 is 0 Å². The molecule has 24 heavy (non-hydrogen) atoms. The third-order valence-corrected chi connectivity index (χ3v) is 6.38. The molecule has 0 bridgehead atoms. The zero-order chi connectivity index (χ0) is 16.8. The number of hydrogen-bond donors (Lipinski definition) is 2. The maximum atomic E-state index is 13.1. The maximum absolute atomic E-state index is 13.1. The van der Waals surface area contributed by atoms with Crippen LogP contribution in [-0.2, 0) is 15.6 Å². The highest BCUT2D eigenvalue weighted by Crippen LogP contribution is 2.35. The van der Waals surface area contributed by atoms with Crippen LogP contribution in [0.3, 0.4) is 0 Å². The lowest BCUT2D eigenvalue weighted by molar-refractivity contribution is 0.0485. The number of fused-ring (bicyclic) bond motifs is 1. The number of aromatic nitrogens is 3. The molecule has 8 heteroatoms. The molecule has 0 spiro atoms. The van der Waals surface area contributed by atoms with Gasteiger partial charge in [0.15, 0.2) is 0 Å². The van der Waals surface area contributed by atoms with Gasteiger partial charge in [-0.2, -0.15) is 19.7 Å². The van der Waals surface area contributed by atoms with E-state index in [1.54, 1.807) is 18.2 Å². The second-order valence-corrected chi connectivity index (χ2v) is 7.86. The van der Waals surface area contributed by atoms with Crippen molar-refractivity contribution in [3.63, 3.8) is 0 Å². The Labute approximate surface area is 139 Å². The summed E-state index contributed by atoms with van der Waals surface area (Å²) in [5, 5.41) is 22.3. The van der Waals surface area contributed by atoms with Gasteiger partial charge in [-0.3, -0.25) is 0 Å². The third-order valence-electron chi connectivity index (χ3n) is 4.47. The molecule has 4 rings (SSSR count). The second-order valence-electron chi connectivity index (χ2n) is 5.95. The van der Waals surface area contributed by atoms with Crippen LogP contribution in [0.1, 0.15) is 12.1 Å². The van der Waals surface area contributed by atoms with E-state index in [0.29, 0.717) is 11.1 Å². The Hall–Kier alpha value is -2.29. The van der Waals surface area contributed by atoms with E-state index < -0.39 is 15.6 Å². The summed E-state index contributed by atoms with van der Waals surface area (Å²) in [5.74, 6) is 0. The summed E-state index contributed by atoms with van der Waals surface area (Å²) in [6, 6.07) is 12.6. The largest absolute Gasteiger partial charge is 0.382 e. The van der Waals surface area contributed by atoms with E-state index in [0.717, 1.165) is 5.39 Å². The Morgan fingerprint density at radius 3 is 2.75 bits per heavy atom. The van der Waals surface area contributed by atoms with Crippen LogP contribution < -0.4 is 0 Å². The molecule has 124 valence electrons. The predicted octanol–water partition coefficient (Wildman–Crippen LogP) is 1.24. The van der Waals surface area contributed by atoms with Crippen molar-refractivity contribution < 1.29 is 13.5 Å². The Balaban J connectivity index is 1.74. The molecule has 1 aliphatic heterocycles. The molecule has 0 aliphatic carbocycles. The number of nitrogens with zero attached hydrogens (tertiary/aromatic N) is 3. The predicted molar refractivity (Wildman–Crippen MR) is 87.6 cm³/mol. The number of hydrogen-bond acceptors (Lipinski definition) is 5. The average molecular weight is 344 g/mol. The van der Waals surface area contributed by atoms with Gasteiger partial charge in [-0.15, -0.1) is 0 Å². The average Bonchev–Trinajstić information content (AvgIpc) is 3.25. The summed E-state index contributed by atoms with van der Waals surface area (Å²) in [4.78, 5) is 0.255. The second kappa shape index (κ2) is 5.37. The lowest BCUT2D eigenvalue weighted by atomic mass is 10.0. The van der Waals surface area contributed by atoms with Gasteiger partial charge in [-0.25, -0.2) is 8.42 Å². The van der Waals surface area contributed by atoms with Crippen molar-refractivity contribution >= 4 is 20.8 Å². The summed E-state index contributed by atoms with van der Waals surface area (Å²) in [6.45, 7) is 0.194.